The fourth-order valence-electron chi connectivity index (χ4n) is 2.01. The summed E-state index contributed by atoms with van der Waals surface area (Å²) in [4.78, 5) is 43.1. The molecule has 0 saturated carbocycles. The van der Waals surface area contributed by atoms with Crippen molar-refractivity contribution in [1.29, 1.82) is 0 Å². The van der Waals surface area contributed by atoms with Gasteiger partial charge in [-0.2, -0.15) is 0 Å². The number of aliphatic hydroxyl groups excluding tert-OH is 2. The molecule has 5 N–H and O–H groups in total. The van der Waals surface area contributed by atoms with Crippen molar-refractivity contribution >= 4 is 7.60 Å². The van der Waals surface area contributed by atoms with E-state index in [9.17, 15) is 24.4 Å². The fourth-order valence-corrected chi connectivity index (χ4v) is 2.36. The van der Waals surface area contributed by atoms with Gasteiger partial charge >= 0.3 is 13.3 Å². The molecule has 1 aromatic heterocycles. The summed E-state index contributed by atoms with van der Waals surface area (Å²) in [5.41, 5.74) is -1.65. The first-order valence-electron chi connectivity index (χ1n) is 6.08. The third-order valence-corrected chi connectivity index (χ3v) is 3.56. The summed E-state index contributed by atoms with van der Waals surface area (Å²) in [6, 6.07) is 0. The zero-order chi connectivity index (χ0) is 16.7. The Morgan fingerprint density at radius 3 is 2.64 bits per heavy atom. The fraction of sp³-hybridized carbons (Fsp3) is 0.600. The minimum absolute atomic E-state index is 0.0657. The van der Waals surface area contributed by atoms with E-state index in [-0.39, 0.29) is 5.56 Å². The number of nitrogens with zero attached hydrogens (tertiary/aromatic N) is 1. The van der Waals surface area contributed by atoms with Crippen molar-refractivity contribution in [3.05, 3.63) is 32.6 Å². The maximum atomic E-state index is 11.9. The first kappa shape index (κ1) is 17.0. The van der Waals surface area contributed by atoms with Gasteiger partial charge in [-0.1, -0.05) is 0 Å². The summed E-state index contributed by atoms with van der Waals surface area (Å²) in [5, 5.41) is 19.6. The van der Waals surface area contributed by atoms with Crippen molar-refractivity contribution in [3.8, 4) is 0 Å². The Bertz CT molecular complexity index is 722. The Kier molecular flexibility index (Phi) is 4.42. The third kappa shape index (κ3) is 3.06. The molecule has 12 heteroatoms. The molecule has 1 aromatic rings. The van der Waals surface area contributed by atoms with Gasteiger partial charge in [0.15, 0.2) is 12.5 Å². The van der Waals surface area contributed by atoms with Crippen molar-refractivity contribution in [3.63, 3.8) is 0 Å². The molecule has 1 saturated heterocycles. The Balaban J connectivity index is 2.55. The van der Waals surface area contributed by atoms with Crippen LogP contribution in [0.3, 0.4) is 0 Å². The minimum atomic E-state index is -4.65. The second-order valence-electron chi connectivity index (χ2n) is 4.83. The predicted octanol–water partition coefficient (Wildman–Crippen LogP) is -2.64. The van der Waals surface area contributed by atoms with Gasteiger partial charge < -0.3 is 29.5 Å². The molecular formula is C10H15N2O9P. The molecule has 1 aliphatic rings. The summed E-state index contributed by atoms with van der Waals surface area (Å²) in [6.07, 6.45) is -3.42. The number of ether oxygens (including phenoxy) is 2. The number of H-pyrrole nitrogens is 1. The maximum absolute atomic E-state index is 11.9. The molecule has 124 valence electrons. The van der Waals surface area contributed by atoms with Crippen LogP contribution in [0.15, 0.2) is 15.8 Å². The highest BCUT2D eigenvalue weighted by molar-refractivity contribution is 7.51. The van der Waals surface area contributed by atoms with Crippen LogP contribution in [0.1, 0.15) is 5.56 Å². The summed E-state index contributed by atoms with van der Waals surface area (Å²) < 4.78 is 21.7. The van der Waals surface area contributed by atoms with E-state index >= 15 is 0 Å². The third-order valence-electron chi connectivity index (χ3n) is 3.09. The second-order valence-corrected chi connectivity index (χ2v) is 6.42. The standard InChI is InChI=1S/C10H15N2O9P/c1-5-2-12(9(16)11-8(5)15)10(21-4-22(17,18)19)7(14)6(13)3-20-10/h2,6-7,13-14H,3-4H2,1H3,(H,11,15,16)(H2,17,18,19)/t6-,7-,10+/m1/s1. The molecule has 0 aliphatic carbocycles. The number of hydrogen-bond acceptors (Lipinski definition) is 7. The van der Waals surface area contributed by atoms with Crippen LogP contribution < -0.4 is 11.2 Å². The van der Waals surface area contributed by atoms with Crippen LogP contribution in [-0.2, 0) is 19.9 Å². The molecule has 22 heavy (non-hydrogen) atoms. The average molecular weight is 338 g/mol. The quantitative estimate of drug-likeness (QED) is 0.368. The molecule has 0 radical (unpaired) electrons. The van der Waals surface area contributed by atoms with Crippen LogP contribution >= 0.6 is 7.60 Å². The van der Waals surface area contributed by atoms with E-state index in [0.717, 1.165) is 6.20 Å². The molecule has 0 amide bonds. The van der Waals surface area contributed by atoms with Gasteiger partial charge in [0.25, 0.3) is 11.5 Å². The molecule has 0 aromatic carbocycles. The molecule has 3 atom stereocenters. The highest BCUT2D eigenvalue weighted by Gasteiger charge is 2.54. The van der Waals surface area contributed by atoms with E-state index < -0.39 is 49.9 Å². The second kappa shape index (κ2) is 5.70. The number of aryl methyl sites for hydroxylation is 1. The van der Waals surface area contributed by atoms with Gasteiger partial charge in [-0.3, -0.25) is 14.3 Å². The highest BCUT2D eigenvalue weighted by atomic mass is 31.2. The largest absolute Gasteiger partial charge is 0.388 e. The van der Waals surface area contributed by atoms with Gasteiger partial charge in [0.05, 0.1) is 6.61 Å². The van der Waals surface area contributed by atoms with E-state index in [2.05, 4.69) is 0 Å². The number of nitrogens with one attached hydrogen (secondary N) is 1. The van der Waals surface area contributed by atoms with Gasteiger partial charge in [0.2, 0.25) is 0 Å². The zero-order valence-electron chi connectivity index (χ0n) is 11.4. The van der Waals surface area contributed by atoms with Crippen LogP contribution in [0.25, 0.3) is 0 Å². The number of aromatic amines is 1. The van der Waals surface area contributed by atoms with Crippen molar-refractivity contribution in [1.82, 2.24) is 9.55 Å². The van der Waals surface area contributed by atoms with Crippen molar-refractivity contribution in [2.24, 2.45) is 0 Å². The van der Waals surface area contributed by atoms with Crippen LogP contribution in [0.5, 0.6) is 0 Å². The summed E-state index contributed by atoms with van der Waals surface area (Å²) in [6.45, 7) is 0.927. The molecule has 1 fully saturated rings. The SMILES string of the molecule is Cc1cn([C@]2(OCP(=O)(O)O)OC[C@@H](O)[C@H]2O)c(=O)[nH]c1=O. The van der Waals surface area contributed by atoms with E-state index in [4.69, 9.17) is 19.3 Å². The van der Waals surface area contributed by atoms with Crippen LogP contribution in [0.2, 0.25) is 0 Å². The maximum Gasteiger partial charge on any atom is 0.351 e. The van der Waals surface area contributed by atoms with Crippen molar-refractivity contribution in [2.75, 3.05) is 13.0 Å². The first-order chi connectivity index (χ1) is 10.1. The Labute approximate surface area is 122 Å². The lowest BCUT2D eigenvalue weighted by Gasteiger charge is -2.33. The molecule has 2 rings (SSSR count). The first-order valence-corrected chi connectivity index (χ1v) is 7.88. The molecule has 0 spiro atoms. The Morgan fingerprint density at radius 2 is 2.14 bits per heavy atom. The van der Waals surface area contributed by atoms with Crippen molar-refractivity contribution in [2.45, 2.75) is 25.0 Å². The van der Waals surface area contributed by atoms with Crippen LogP contribution in [-0.4, -0.2) is 54.7 Å². The topological polar surface area (TPSA) is 171 Å². The van der Waals surface area contributed by atoms with Crippen LogP contribution in [0.4, 0.5) is 0 Å². The van der Waals surface area contributed by atoms with E-state index in [1.165, 1.54) is 6.92 Å². The molecule has 2 heterocycles. The highest BCUT2D eigenvalue weighted by Crippen LogP contribution is 2.40. The van der Waals surface area contributed by atoms with E-state index in [1.54, 1.807) is 0 Å². The lowest BCUT2D eigenvalue weighted by molar-refractivity contribution is -0.300. The summed E-state index contributed by atoms with van der Waals surface area (Å²) >= 11 is 0. The number of rotatable bonds is 4. The smallest absolute Gasteiger partial charge is 0.351 e. The Hall–Kier alpha value is -1.33. The van der Waals surface area contributed by atoms with Gasteiger partial charge in [-0.15, -0.1) is 0 Å². The molecule has 11 nitrogen and oxygen atoms in total. The number of aliphatic hydroxyl groups is 2. The normalized spacial score (nSPS) is 29.0. The van der Waals surface area contributed by atoms with E-state index in [0.29, 0.717) is 4.57 Å². The van der Waals surface area contributed by atoms with Gasteiger partial charge in [-0.05, 0) is 6.92 Å². The molecule has 0 unspecified atom stereocenters. The van der Waals surface area contributed by atoms with Gasteiger partial charge in [0.1, 0.15) is 6.10 Å². The predicted molar refractivity (Wildman–Crippen MR) is 70.0 cm³/mol. The molecule has 1 aliphatic heterocycles. The number of aromatic nitrogens is 2. The van der Waals surface area contributed by atoms with Gasteiger partial charge in [0, 0.05) is 11.8 Å². The van der Waals surface area contributed by atoms with E-state index in [1.807, 2.05) is 4.98 Å². The summed E-state index contributed by atoms with van der Waals surface area (Å²) in [5.74, 6) is -2.35. The lowest BCUT2D eigenvalue weighted by Crippen LogP contribution is -2.53. The Morgan fingerprint density at radius 1 is 1.50 bits per heavy atom. The van der Waals surface area contributed by atoms with Gasteiger partial charge in [-0.25, -0.2) is 9.36 Å². The van der Waals surface area contributed by atoms with Crippen molar-refractivity contribution < 1.29 is 34.0 Å². The molecule has 0 bridgehead atoms. The van der Waals surface area contributed by atoms with Crippen LogP contribution in [0, 0.1) is 6.92 Å². The lowest BCUT2D eigenvalue weighted by atomic mass is 10.2. The average Bonchev–Trinajstić information content (AvgIpc) is 2.69. The minimum Gasteiger partial charge on any atom is -0.388 e. The monoisotopic (exact) mass is 338 g/mol. The number of hydrogen-bond donors (Lipinski definition) is 5. The molecular weight excluding hydrogens is 323 g/mol. The summed E-state index contributed by atoms with van der Waals surface area (Å²) in [7, 11) is -4.65. The zero-order valence-corrected chi connectivity index (χ0v) is 12.3.